The van der Waals surface area contributed by atoms with E-state index < -0.39 is 0 Å². The Hall–Kier alpha value is -3.37. The van der Waals surface area contributed by atoms with Crippen molar-refractivity contribution in [2.24, 2.45) is 0 Å². The number of hydrogen-bond acceptors (Lipinski definition) is 6. The van der Waals surface area contributed by atoms with E-state index in [2.05, 4.69) is 50.6 Å². The lowest BCUT2D eigenvalue weighted by Gasteiger charge is -2.20. The van der Waals surface area contributed by atoms with E-state index in [4.69, 9.17) is 10.2 Å². The maximum absolute atomic E-state index is 9.14. The highest BCUT2D eigenvalue weighted by molar-refractivity contribution is 5.58. The average Bonchev–Trinajstić information content (AvgIpc) is 3.44. The second-order valence-electron chi connectivity index (χ2n) is 7.62. The highest BCUT2D eigenvalue weighted by Gasteiger charge is 2.24. The number of aryl methyl sites for hydroxylation is 1. The number of H-pyrrole nitrogens is 1. The Balaban J connectivity index is 1.47. The van der Waals surface area contributed by atoms with Gasteiger partial charge in [-0.05, 0) is 43.2 Å². The van der Waals surface area contributed by atoms with Gasteiger partial charge in [0.15, 0.2) is 0 Å². The minimum absolute atomic E-state index is 0.432. The number of aromatic amines is 1. The Morgan fingerprint density at radius 1 is 1.23 bits per heavy atom. The van der Waals surface area contributed by atoms with Crippen LogP contribution in [-0.4, -0.2) is 34.1 Å². The third-order valence-corrected chi connectivity index (χ3v) is 5.28. The largest absolute Gasteiger partial charge is 0.364 e. The van der Waals surface area contributed by atoms with E-state index in [1.807, 2.05) is 30.5 Å². The molecule has 0 unspecified atom stereocenters. The first-order valence-electron chi connectivity index (χ1n) is 10.5. The van der Waals surface area contributed by atoms with Crippen LogP contribution in [0.25, 0.3) is 0 Å². The van der Waals surface area contributed by atoms with Crippen molar-refractivity contribution in [2.75, 3.05) is 23.3 Å². The predicted octanol–water partition coefficient (Wildman–Crippen LogP) is 3.74. The zero-order valence-corrected chi connectivity index (χ0v) is 17.2. The zero-order chi connectivity index (χ0) is 20.8. The predicted molar refractivity (Wildman–Crippen MR) is 119 cm³/mol. The number of anilines is 3. The number of nitrogens with one attached hydrogen (secondary N) is 3. The molecule has 1 saturated heterocycles. The SMILES string of the molecule is CCCc1cc(N2CC[C@H](NCc3ccc[nH]3)C2)nc(Nc2cccc(C#N)c2)n1. The van der Waals surface area contributed by atoms with Crippen LogP contribution in [0.3, 0.4) is 0 Å². The average molecular weight is 402 g/mol. The molecule has 0 aliphatic carbocycles. The molecule has 4 rings (SSSR count). The van der Waals surface area contributed by atoms with Crippen LogP contribution in [0.4, 0.5) is 17.5 Å². The van der Waals surface area contributed by atoms with E-state index in [1.54, 1.807) is 6.07 Å². The lowest BCUT2D eigenvalue weighted by molar-refractivity contribution is 0.546. The van der Waals surface area contributed by atoms with Crippen LogP contribution in [0.1, 0.15) is 36.7 Å². The Kier molecular flexibility index (Phi) is 6.26. The monoisotopic (exact) mass is 401 g/mol. The second kappa shape index (κ2) is 9.42. The number of nitrogens with zero attached hydrogens (tertiary/aromatic N) is 4. The van der Waals surface area contributed by atoms with Crippen LogP contribution < -0.4 is 15.5 Å². The van der Waals surface area contributed by atoms with E-state index in [9.17, 15) is 0 Å². The molecule has 3 N–H and O–H groups in total. The van der Waals surface area contributed by atoms with Crippen LogP contribution in [0.15, 0.2) is 48.7 Å². The summed E-state index contributed by atoms with van der Waals surface area (Å²) in [5.74, 6) is 1.53. The van der Waals surface area contributed by atoms with Crippen molar-refractivity contribution in [3.63, 3.8) is 0 Å². The van der Waals surface area contributed by atoms with Crippen LogP contribution in [0.5, 0.6) is 0 Å². The molecular formula is C23H27N7. The molecule has 1 aliphatic rings. The standard InChI is InChI=1S/C23H27N7/c1-2-5-18-13-22(29-23(27-18)28-19-7-3-6-17(12-19)14-24)30-11-9-21(16-30)26-15-20-8-4-10-25-20/h3-4,6-8,10,12-13,21,25-26H,2,5,9,11,15-16H2,1H3,(H,27,28,29)/t21-/m0/s1. The van der Waals surface area contributed by atoms with Gasteiger partial charge >= 0.3 is 0 Å². The van der Waals surface area contributed by atoms with Gasteiger partial charge in [-0.2, -0.15) is 10.2 Å². The highest BCUT2D eigenvalue weighted by atomic mass is 15.3. The number of aromatic nitrogens is 3. The Labute approximate surface area is 177 Å². The summed E-state index contributed by atoms with van der Waals surface area (Å²) in [6.07, 6.45) is 4.97. The fourth-order valence-electron chi connectivity index (χ4n) is 3.75. The Morgan fingerprint density at radius 2 is 2.17 bits per heavy atom. The molecule has 1 fully saturated rings. The number of nitriles is 1. The minimum Gasteiger partial charge on any atom is -0.364 e. The van der Waals surface area contributed by atoms with Crippen molar-refractivity contribution >= 4 is 17.5 Å². The van der Waals surface area contributed by atoms with Crippen molar-refractivity contribution in [1.29, 1.82) is 5.26 Å². The molecule has 1 aromatic carbocycles. The topological polar surface area (TPSA) is 92.7 Å². The Bertz CT molecular complexity index is 1010. The second-order valence-corrected chi connectivity index (χ2v) is 7.62. The third-order valence-electron chi connectivity index (χ3n) is 5.28. The molecule has 7 nitrogen and oxygen atoms in total. The molecule has 7 heteroatoms. The van der Waals surface area contributed by atoms with E-state index in [0.29, 0.717) is 17.6 Å². The molecule has 3 aromatic rings. The van der Waals surface area contributed by atoms with Gasteiger partial charge in [0, 0.05) is 55.0 Å². The molecule has 154 valence electrons. The summed E-state index contributed by atoms with van der Waals surface area (Å²) in [7, 11) is 0. The molecule has 3 heterocycles. The lowest BCUT2D eigenvalue weighted by Crippen LogP contribution is -2.32. The minimum atomic E-state index is 0.432. The quantitative estimate of drug-likeness (QED) is 0.532. The van der Waals surface area contributed by atoms with Crippen LogP contribution in [0, 0.1) is 11.3 Å². The molecule has 2 aromatic heterocycles. The van der Waals surface area contributed by atoms with E-state index >= 15 is 0 Å². The van der Waals surface area contributed by atoms with Crippen molar-refractivity contribution < 1.29 is 0 Å². The highest BCUT2D eigenvalue weighted by Crippen LogP contribution is 2.23. The number of hydrogen-bond donors (Lipinski definition) is 3. The summed E-state index contributed by atoms with van der Waals surface area (Å²) in [5.41, 5.74) is 3.66. The normalized spacial score (nSPS) is 15.9. The van der Waals surface area contributed by atoms with Gasteiger partial charge in [-0.25, -0.2) is 4.98 Å². The molecule has 0 bridgehead atoms. The maximum atomic E-state index is 9.14. The molecule has 30 heavy (non-hydrogen) atoms. The fourth-order valence-corrected chi connectivity index (χ4v) is 3.75. The lowest BCUT2D eigenvalue weighted by atomic mass is 10.2. The smallest absolute Gasteiger partial charge is 0.229 e. The van der Waals surface area contributed by atoms with Crippen LogP contribution >= 0.6 is 0 Å². The van der Waals surface area contributed by atoms with Crippen molar-refractivity contribution in [3.8, 4) is 6.07 Å². The van der Waals surface area contributed by atoms with Gasteiger partial charge in [-0.3, -0.25) is 0 Å². The van der Waals surface area contributed by atoms with E-state index in [-0.39, 0.29) is 0 Å². The summed E-state index contributed by atoms with van der Waals surface area (Å²) in [5, 5.41) is 16.0. The molecular weight excluding hydrogens is 374 g/mol. The number of rotatable bonds is 8. The van der Waals surface area contributed by atoms with Gasteiger partial charge < -0.3 is 20.5 Å². The molecule has 0 saturated carbocycles. The van der Waals surface area contributed by atoms with Crippen LogP contribution in [0.2, 0.25) is 0 Å². The first kappa shape index (κ1) is 19.9. The molecule has 1 atom stereocenters. The summed E-state index contributed by atoms with van der Waals surface area (Å²) in [6.45, 7) is 4.89. The van der Waals surface area contributed by atoms with E-state index in [0.717, 1.165) is 56.1 Å². The fraction of sp³-hybridized carbons (Fsp3) is 0.348. The molecule has 1 aliphatic heterocycles. The first-order chi connectivity index (χ1) is 14.7. The van der Waals surface area contributed by atoms with Gasteiger partial charge in [0.2, 0.25) is 5.95 Å². The van der Waals surface area contributed by atoms with Crippen molar-refractivity contribution in [1.82, 2.24) is 20.3 Å². The van der Waals surface area contributed by atoms with Crippen LogP contribution in [-0.2, 0) is 13.0 Å². The molecule has 0 amide bonds. The first-order valence-corrected chi connectivity index (χ1v) is 10.5. The maximum Gasteiger partial charge on any atom is 0.229 e. The Morgan fingerprint density at radius 3 is 2.97 bits per heavy atom. The summed E-state index contributed by atoms with van der Waals surface area (Å²) >= 11 is 0. The number of benzene rings is 1. The van der Waals surface area contributed by atoms with Crippen molar-refractivity contribution in [2.45, 2.75) is 38.8 Å². The molecule has 0 radical (unpaired) electrons. The summed E-state index contributed by atoms with van der Waals surface area (Å²) in [4.78, 5) is 15.0. The van der Waals surface area contributed by atoms with Gasteiger partial charge in [-0.1, -0.05) is 19.4 Å². The van der Waals surface area contributed by atoms with Gasteiger partial charge in [-0.15, -0.1) is 0 Å². The summed E-state index contributed by atoms with van der Waals surface area (Å²) in [6, 6.07) is 16.2. The van der Waals surface area contributed by atoms with Crippen molar-refractivity contribution in [3.05, 3.63) is 65.6 Å². The van der Waals surface area contributed by atoms with E-state index in [1.165, 1.54) is 5.69 Å². The van der Waals surface area contributed by atoms with Gasteiger partial charge in [0.25, 0.3) is 0 Å². The van der Waals surface area contributed by atoms with Gasteiger partial charge in [0.05, 0.1) is 11.6 Å². The zero-order valence-electron chi connectivity index (χ0n) is 17.2. The van der Waals surface area contributed by atoms with Gasteiger partial charge in [0.1, 0.15) is 5.82 Å². The molecule has 0 spiro atoms. The summed E-state index contributed by atoms with van der Waals surface area (Å²) < 4.78 is 0. The third kappa shape index (κ3) is 4.97.